The summed E-state index contributed by atoms with van der Waals surface area (Å²) in [6.45, 7) is 0. The van der Waals surface area contributed by atoms with Gasteiger partial charge in [0.2, 0.25) is 5.78 Å². The Morgan fingerprint density at radius 2 is 1.36 bits per heavy atom. The van der Waals surface area contributed by atoms with E-state index in [4.69, 9.17) is 0 Å². The highest BCUT2D eigenvalue weighted by Gasteiger charge is 2.29. The zero-order valence-electron chi connectivity index (χ0n) is 14.7. The van der Waals surface area contributed by atoms with Crippen LogP contribution < -0.4 is 0 Å². The number of allylic oxidation sites excluding steroid dienone is 1. The van der Waals surface area contributed by atoms with Crippen LogP contribution in [-0.4, -0.2) is 5.78 Å². The molecule has 0 atom stereocenters. The normalized spacial score (nSPS) is 11.5. The molecule has 0 amide bonds. The van der Waals surface area contributed by atoms with Crippen molar-refractivity contribution < 1.29 is 18.0 Å². The summed E-state index contributed by atoms with van der Waals surface area (Å²) in [6, 6.07) is 22.5. The van der Waals surface area contributed by atoms with Crippen molar-refractivity contribution in [2.75, 3.05) is 0 Å². The van der Waals surface area contributed by atoms with Crippen molar-refractivity contribution in [2.24, 2.45) is 0 Å². The summed E-state index contributed by atoms with van der Waals surface area (Å²) in [5, 5.41) is 0. The number of Topliss-reactive ketones (excluding diaryl/α,β-unsaturated/α-hetero) is 1. The Bertz CT molecular complexity index is 1040. The van der Waals surface area contributed by atoms with Crippen LogP contribution in [0.4, 0.5) is 13.2 Å². The molecule has 3 rings (SSSR count). The van der Waals surface area contributed by atoms with Gasteiger partial charge in [-0.25, -0.2) is 0 Å². The van der Waals surface area contributed by atoms with Crippen LogP contribution >= 0.6 is 0 Å². The molecule has 0 radical (unpaired) electrons. The van der Waals surface area contributed by atoms with Crippen molar-refractivity contribution >= 4 is 11.9 Å². The van der Waals surface area contributed by atoms with E-state index in [2.05, 4.69) is 11.8 Å². The summed E-state index contributed by atoms with van der Waals surface area (Å²) in [6.07, 6.45) is -2.72. The third kappa shape index (κ3) is 4.99. The highest BCUT2D eigenvalue weighted by atomic mass is 19.4. The van der Waals surface area contributed by atoms with Crippen molar-refractivity contribution in [3.05, 3.63) is 113 Å². The van der Waals surface area contributed by atoms with Crippen LogP contribution in [0.25, 0.3) is 6.08 Å². The first-order chi connectivity index (χ1) is 13.4. The van der Waals surface area contributed by atoms with E-state index in [1.54, 1.807) is 30.3 Å². The Morgan fingerprint density at radius 1 is 0.786 bits per heavy atom. The second-order valence-corrected chi connectivity index (χ2v) is 5.99. The molecule has 0 aliphatic rings. The van der Waals surface area contributed by atoms with Crippen LogP contribution in [-0.2, 0) is 6.18 Å². The van der Waals surface area contributed by atoms with Crippen LogP contribution in [0, 0.1) is 11.8 Å². The number of hydrogen-bond donors (Lipinski definition) is 0. The summed E-state index contributed by atoms with van der Waals surface area (Å²) < 4.78 is 38.0. The van der Waals surface area contributed by atoms with Crippen LogP contribution in [0.5, 0.6) is 0 Å². The lowest BCUT2D eigenvalue weighted by molar-refractivity contribution is -0.137. The number of ketones is 1. The lowest BCUT2D eigenvalue weighted by Gasteiger charge is -2.05. The molecule has 0 saturated carbocycles. The summed E-state index contributed by atoms with van der Waals surface area (Å²) in [5.74, 6) is 5.36. The maximum Gasteiger partial charge on any atom is 0.416 e. The van der Waals surface area contributed by atoms with Crippen molar-refractivity contribution in [1.29, 1.82) is 0 Å². The zero-order valence-corrected chi connectivity index (χ0v) is 14.7. The first-order valence-corrected chi connectivity index (χ1v) is 8.49. The number of carbonyl (C=O) groups is 1. The molecule has 3 aromatic carbocycles. The van der Waals surface area contributed by atoms with Gasteiger partial charge in [-0.05, 0) is 35.9 Å². The van der Waals surface area contributed by atoms with E-state index in [1.807, 2.05) is 36.4 Å². The van der Waals surface area contributed by atoms with Crippen LogP contribution in [0.15, 0.2) is 90.5 Å². The highest BCUT2D eigenvalue weighted by molar-refractivity contribution is 6.14. The van der Waals surface area contributed by atoms with Crippen LogP contribution in [0.1, 0.15) is 27.0 Å². The molecule has 3 aromatic rings. The highest BCUT2D eigenvalue weighted by Crippen LogP contribution is 2.29. The lowest BCUT2D eigenvalue weighted by Crippen LogP contribution is -2.04. The monoisotopic (exact) mass is 376 g/mol. The SMILES string of the molecule is O=C(/C(C#Cc1ccc(C(F)(F)F)cc1)=C/c1ccccc1)c1ccccc1. The average molecular weight is 376 g/mol. The van der Waals surface area contributed by atoms with E-state index in [9.17, 15) is 18.0 Å². The topological polar surface area (TPSA) is 17.1 Å². The van der Waals surface area contributed by atoms with E-state index in [1.165, 1.54) is 12.1 Å². The first kappa shape index (κ1) is 19.2. The van der Waals surface area contributed by atoms with Gasteiger partial charge in [-0.1, -0.05) is 72.5 Å². The molecule has 0 spiro atoms. The van der Waals surface area contributed by atoms with E-state index in [0.717, 1.165) is 17.7 Å². The van der Waals surface area contributed by atoms with Crippen molar-refractivity contribution in [3.8, 4) is 11.8 Å². The van der Waals surface area contributed by atoms with Gasteiger partial charge in [-0.15, -0.1) is 0 Å². The predicted molar refractivity (Wildman–Crippen MR) is 104 cm³/mol. The van der Waals surface area contributed by atoms with Gasteiger partial charge >= 0.3 is 6.18 Å². The second kappa shape index (κ2) is 8.41. The molecule has 0 bridgehead atoms. The third-order valence-electron chi connectivity index (χ3n) is 3.94. The third-order valence-corrected chi connectivity index (χ3v) is 3.94. The van der Waals surface area contributed by atoms with Crippen molar-refractivity contribution in [1.82, 2.24) is 0 Å². The molecule has 0 saturated heterocycles. The molecule has 0 fully saturated rings. The molecule has 0 aromatic heterocycles. The molecule has 0 aliphatic carbocycles. The molecule has 28 heavy (non-hydrogen) atoms. The minimum Gasteiger partial charge on any atom is -0.288 e. The molecular formula is C24H15F3O. The van der Waals surface area contributed by atoms with Gasteiger partial charge in [0, 0.05) is 11.1 Å². The average Bonchev–Trinajstić information content (AvgIpc) is 2.71. The number of benzene rings is 3. The fraction of sp³-hybridized carbons (Fsp3) is 0.0417. The van der Waals surface area contributed by atoms with Gasteiger partial charge in [0.15, 0.2) is 0 Å². The molecule has 4 heteroatoms. The largest absolute Gasteiger partial charge is 0.416 e. The van der Waals surface area contributed by atoms with Gasteiger partial charge < -0.3 is 0 Å². The summed E-state index contributed by atoms with van der Waals surface area (Å²) in [7, 11) is 0. The molecule has 0 heterocycles. The molecular weight excluding hydrogens is 361 g/mol. The smallest absolute Gasteiger partial charge is 0.288 e. The van der Waals surface area contributed by atoms with Gasteiger partial charge in [-0.3, -0.25) is 4.79 Å². The van der Waals surface area contributed by atoms with E-state index in [-0.39, 0.29) is 11.4 Å². The van der Waals surface area contributed by atoms with E-state index in [0.29, 0.717) is 11.1 Å². The van der Waals surface area contributed by atoms with Gasteiger partial charge in [-0.2, -0.15) is 13.2 Å². The summed E-state index contributed by atoms with van der Waals surface area (Å²) >= 11 is 0. The van der Waals surface area contributed by atoms with Gasteiger partial charge in [0.1, 0.15) is 0 Å². The van der Waals surface area contributed by atoms with Crippen LogP contribution in [0.2, 0.25) is 0 Å². The van der Waals surface area contributed by atoms with Crippen LogP contribution in [0.3, 0.4) is 0 Å². The first-order valence-electron chi connectivity index (χ1n) is 8.49. The maximum atomic E-state index is 12.8. The van der Waals surface area contributed by atoms with Gasteiger partial charge in [0.05, 0.1) is 11.1 Å². The Balaban J connectivity index is 1.96. The van der Waals surface area contributed by atoms with E-state index >= 15 is 0 Å². The summed E-state index contributed by atoms with van der Waals surface area (Å²) in [5.41, 5.74) is 1.22. The zero-order chi connectivity index (χ0) is 20.0. The number of alkyl halides is 3. The fourth-order valence-corrected chi connectivity index (χ4v) is 2.50. The number of carbonyl (C=O) groups excluding carboxylic acids is 1. The van der Waals surface area contributed by atoms with Gasteiger partial charge in [0.25, 0.3) is 0 Å². The number of halogens is 3. The standard InChI is InChI=1S/C24H15F3O/c25-24(26,27)22-15-12-18(13-16-22)11-14-21(17-19-7-3-1-4-8-19)23(28)20-9-5-2-6-10-20/h1-10,12-13,15-17H/b21-17+. The summed E-state index contributed by atoms with van der Waals surface area (Å²) in [4.78, 5) is 12.8. The minimum atomic E-state index is -4.40. The second-order valence-electron chi connectivity index (χ2n) is 5.99. The number of hydrogen-bond acceptors (Lipinski definition) is 1. The number of rotatable bonds is 3. The Hall–Kier alpha value is -3.58. The van der Waals surface area contributed by atoms with Crippen molar-refractivity contribution in [3.63, 3.8) is 0 Å². The predicted octanol–water partition coefficient (Wildman–Crippen LogP) is 6.02. The quantitative estimate of drug-likeness (QED) is 0.310. The van der Waals surface area contributed by atoms with E-state index < -0.39 is 11.7 Å². The maximum absolute atomic E-state index is 12.8. The fourth-order valence-electron chi connectivity index (χ4n) is 2.50. The molecule has 0 N–H and O–H groups in total. The lowest BCUT2D eigenvalue weighted by atomic mass is 10.0. The minimum absolute atomic E-state index is 0.246. The van der Waals surface area contributed by atoms with Crippen molar-refractivity contribution in [2.45, 2.75) is 6.18 Å². The molecule has 0 unspecified atom stereocenters. The Morgan fingerprint density at radius 3 is 1.93 bits per heavy atom. The molecule has 0 aliphatic heterocycles. The molecule has 138 valence electrons. The Labute approximate surface area is 161 Å². The molecule has 1 nitrogen and oxygen atoms in total. The Kier molecular flexibility index (Phi) is 5.76.